The van der Waals surface area contributed by atoms with Crippen molar-refractivity contribution in [2.45, 2.75) is 188 Å². The molecule has 0 N–H and O–H groups in total. The van der Waals surface area contributed by atoms with E-state index in [-0.39, 0.29) is 21.8 Å². The van der Waals surface area contributed by atoms with Crippen molar-refractivity contribution in [3.63, 3.8) is 0 Å². The maximum atomic E-state index is 5.79. The second-order valence-electron chi connectivity index (χ2n) is 20.8. The summed E-state index contributed by atoms with van der Waals surface area (Å²) in [7, 11) is 23.4. The van der Waals surface area contributed by atoms with Crippen LogP contribution in [0.1, 0.15) is 129 Å². The van der Waals surface area contributed by atoms with Gasteiger partial charge < -0.3 is 62.0 Å². The maximum Gasteiger partial charge on any atom is 0.500 e. The van der Waals surface area contributed by atoms with Crippen LogP contribution in [0.25, 0.3) is 0 Å². The summed E-state index contributed by atoms with van der Waals surface area (Å²) in [6.07, 6.45) is 20.1. The van der Waals surface area contributed by atoms with Crippen molar-refractivity contribution in [3.05, 3.63) is 0 Å². The van der Waals surface area contributed by atoms with E-state index in [0.29, 0.717) is 0 Å². The van der Waals surface area contributed by atoms with Crippen LogP contribution in [-0.4, -0.2) is 250 Å². The fourth-order valence-corrected chi connectivity index (χ4v) is 21.4. The van der Waals surface area contributed by atoms with Crippen LogP contribution in [0.15, 0.2) is 0 Å². The Morgan fingerprint density at radius 1 is 0.325 bits per heavy atom. The lowest BCUT2D eigenvalue weighted by atomic mass is 9.94. The van der Waals surface area contributed by atoms with Gasteiger partial charge in [0.25, 0.3) is 0 Å². The Bertz CT molecular complexity index is 1200. The van der Waals surface area contributed by atoms with Crippen molar-refractivity contribution < 1.29 is 62.0 Å². The molecule has 4 radical (unpaired) electrons. The van der Waals surface area contributed by atoms with Crippen LogP contribution in [-0.2, 0) is 62.0 Å². The molecule has 77 heavy (non-hydrogen) atoms. The van der Waals surface area contributed by atoms with Crippen LogP contribution in [0.4, 0.5) is 0 Å². The molecular formula is C52H118N4O14SSi6. The molecule has 0 spiro atoms. The summed E-state index contributed by atoms with van der Waals surface area (Å²) in [5, 5.41) is 0. The van der Waals surface area contributed by atoms with Crippen LogP contribution < -0.4 is 0 Å². The molecule has 0 aromatic rings. The van der Waals surface area contributed by atoms with Gasteiger partial charge in [0.1, 0.15) is 0 Å². The van der Waals surface area contributed by atoms with Crippen molar-refractivity contribution in [2.75, 3.05) is 154 Å². The van der Waals surface area contributed by atoms with Crippen LogP contribution in [0, 0.1) is 0 Å². The Morgan fingerprint density at radius 2 is 0.532 bits per heavy atom. The first-order valence-electron chi connectivity index (χ1n) is 28.5. The largest absolute Gasteiger partial charge is 0.500 e. The average Bonchev–Trinajstić information content (AvgIpc) is 3.43. The van der Waals surface area contributed by atoms with Gasteiger partial charge in [-0.05, 0) is 144 Å². The summed E-state index contributed by atoms with van der Waals surface area (Å²) >= 11 is 2.27. The minimum absolute atomic E-state index is 0.129. The molecule has 0 aliphatic carbocycles. The molecule has 0 saturated carbocycles. The van der Waals surface area contributed by atoms with Crippen molar-refractivity contribution in [1.82, 2.24) is 19.6 Å². The van der Waals surface area contributed by atoms with E-state index in [0.717, 1.165) is 139 Å². The Morgan fingerprint density at radius 3 is 0.740 bits per heavy atom. The average molecular weight is 1220 g/mol. The summed E-state index contributed by atoms with van der Waals surface area (Å²) in [4.78, 5) is 10.6. The van der Waals surface area contributed by atoms with Crippen molar-refractivity contribution >= 4 is 66.5 Å². The third-order valence-corrected chi connectivity index (χ3v) is 29.4. The maximum absolute atomic E-state index is 5.79. The Balaban J connectivity index is 7.64. The van der Waals surface area contributed by atoms with E-state index < -0.39 is 54.7 Å². The first kappa shape index (κ1) is 77.9. The molecule has 0 aliphatic heterocycles. The Hall–Kier alpha value is 0.931. The Kier molecular flexibility index (Phi) is 46.8. The van der Waals surface area contributed by atoms with Gasteiger partial charge in [0.15, 0.2) is 0 Å². The highest BCUT2D eigenvalue weighted by Crippen LogP contribution is 2.50. The van der Waals surface area contributed by atoms with Crippen LogP contribution >= 0.6 is 11.8 Å². The van der Waals surface area contributed by atoms with Gasteiger partial charge in [-0.15, -0.1) is 11.8 Å². The predicted molar refractivity (Wildman–Crippen MR) is 327 cm³/mol. The first-order chi connectivity index (χ1) is 36.9. The third kappa shape index (κ3) is 30.5. The van der Waals surface area contributed by atoms with Gasteiger partial charge in [0.05, 0.1) is 12.3 Å². The molecule has 25 heteroatoms. The molecule has 0 aromatic heterocycles. The van der Waals surface area contributed by atoms with Crippen LogP contribution in [0.2, 0.25) is 36.3 Å². The van der Waals surface area contributed by atoms with Gasteiger partial charge in [-0.2, -0.15) is 0 Å². The molecule has 2 atom stereocenters. The molecule has 18 nitrogen and oxygen atoms in total. The molecule has 0 aromatic carbocycles. The zero-order chi connectivity index (χ0) is 58.2. The highest BCUT2D eigenvalue weighted by atomic mass is 32.2. The minimum atomic E-state index is -2.58. The van der Waals surface area contributed by atoms with Crippen molar-refractivity contribution in [1.29, 1.82) is 0 Å². The zero-order valence-electron chi connectivity index (χ0n) is 52.9. The van der Waals surface area contributed by atoms with E-state index in [9.17, 15) is 0 Å². The van der Waals surface area contributed by atoms with E-state index in [1.165, 1.54) is 38.5 Å². The van der Waals surface area contributed by atoms with Gasteiger partial charge in [-0.25, -0.2) is 0 Å². The van der Waals surface area contributed by atoms with Crippen molar-refractivity contribution in [3.8, 4) is 0 Å². The monoisotopic (exact) mass is 1220 g/mol. The van der Waals surface area contributed by atoms with E-state index in [4.69, 9.17) is 62.0 Å². The number of unbranched alkanes of at least 4 members (excludes halogenated alkanes) is 10. The lowest BCUT2D eigenvalue weighted by Crippen LogP contribution is -2.62. The smallest absolute Gasteiger partial charge is 0.397 e. The van der Waals surface area contributed by atoms with Gasteiger partial charge >= 0.3 is 54.7 Å². The second kappa shape index (κ2) is 46.2. The molecule has 0 saturated heterocycles. The van der Waals surface area contributed by atoms with Crippen molar-refractivity contribution in [2.24, 2.45) is 0 Å². The van der Waals surface area contributed by atoms with Crippen LogP contribution in [0.5, 0.6) is 0 Å². The van der Waals surface area contributed by atoms with Gasteiger partial charge in [-0.1, -0.05) is 64.2 Å². The summed E-state index contributed by atoms with van der Waals surface area (Å²) in [6, 6.07) is 5.36. The van der Waals surface area contributed by atoms with E-state index in [1.54, 1.807) is 99.5 Å². The van der Waals surface area contributed by atoms with E-state index >= 15 is 0 Å². The molecule has 0 heterocycles. The number of hydrogen-bond acceptors (Lipinski definition) is 19. The summed E-state index contributed by atoms with van der Waals surface area (Å²) < 4.78 is 80.4. The van der Waals surface area contributed by atoms with Gasteiger partial charge in [0, 0.05) is 121 Å². The second-order valence-corrected chi connectivity index (χ2v) is 37.3. The SMILES string of the molecule is CO[Si](CCCN(C)C(N(C)CCC[Si](OC)OC)C(C)(CCCCCCCC[Si](OC)(OC)OC)SC(C)(CCCCCCCC[Si](OC)(OC)OC)C(N(C)CCC[Si](OC)OC)N(C)CCC[Si](OC)OC)OC. The zero-order valence-corrected chi connectivity index (χ0v) is 59.7. The first-order valence-corrected chi connectivity index (χ1v) is 39.2. The Labute approximate surface area is 487 Å². The fourth-order valence-electron chi connectivity index (χ4n) is 11.2. The molecule has 2 unspecified atom stereocenters. The quantitative estimate of drug-likeness (QED) is 0.0324. The van der Waals surface area contributed by atoms with Crippen LogP contribution in [0.3, 0.4) is 0 Å². The number of thioether (sulfide) groups is 1. The third-order valence-electron chi connectivity index (χ3n) is 15.3. The highest BCUT2D eigenvalue weighted by Gasteiger charge is 2.49. The molecular weight excluding hydrogens is 1110 g/mol. The molecule has 0 fully saturated rings. The standard InChI is InChI=1S/C52H118N4O14SSi6/c1-51(37-29-25-21-23-27-31-47-76(65-15,66-16)67-17,49(53(3)39-33-43-72(57-7)58-8)54(4)40-34-44-73(59-9)60-10)71-52(2,38-30-26-22-24-28-32-48-77(68-18,69-19)70-20)50(55(5)41-35-45-74(61-11)62-12)56(6)42-36-46-75(63-13)64-14/h49-50H,21-48H2,1-20H3. The minimum Gasteiger partial charge on any atom is -0.397 e. The molecule has 0 aliphatic rings. The number of hydrogen-bond donors (Lipinski definition) is 0. The normalized spacial score (nSPS) is 14.7. The van der Waals surface area contributed by atoms with Gasteiger partial charge in [-0.3, -0.25) is 19.6 Å². The summed E-state index contributed by atoms with van der Waals surface area (Å²) in [5.74, 6) is 0. The lowest BCUT2D eigenvalue weighted by Gasteiger charge is -2.54. The summed E-state index contributed by atoms with van der Waals surface area (Å²) in [5.41, 5.74) is 0. The lowest BCUT2D eigenvalue weighted by molar-refractivity contribution is 0.0384. The molecule has 0 bridgehead atoms. The number of rotatable bonds is 56. The fraction of sp³-hybridized carbons (Fsp3) is 1.00. The topological polar surface area (TPSA) is 142 Å². The predicted octanol–water partition coefficient (Wildman–Crippen LogP) is 9.52. The van der Waals surface area contributed by atoms with E-state index in [1.807, 2.05) is 0 Å². The highest BCUT2D eigenvalue weighted by molar-refractivity contribution is 8.02. The summed E-state index contributed by atoms with van der Waals surface area (Å²) in [6.45, 7) is 8.94. The van der Waals surface area contributed by atoms with Gasteiger partial charge in [0.2, 0.25) is 0 Å². The van der Waals surface area contributed by atoms with E-state index in [2.05, 4.69) is 73.4 Å². The molecule has 0 amide bonds. The molecule has 460 valence electrons. The molecule has 0 rings (SSSR count). The number of nitrogens with zero attached hydrogens (tertiary/aromatic N) is 4.